The van der Waals surface area contributed by atoms with Gasteiger partial charge in [0.2, 0.25) is 11.8 Å². The Bertz CT molecular complexity index is 489. The fraction of sp³-hybridized carbons (Fsp3) is 0.500. The van der Waals surface area contributed by atoms with Crippen molar-refractivity contribution in [1.82, 2.24) is 4.90 Å². The zero-order valence-electron chi connectivity index (χ0n) is 12.9. The Hall–Kier alpha value is -1.55. The molecule has 0 aliphatic carbocycles. The van der Waals surface area contributed by atoms with Gasteiger partial charge in [0.05, 0.1) is 0 Å². The smallest absolute Gasteiger partial charge is 0.226 e. The third kappa shape index (κ3) is 7.14. The van der Waals surface area contributed by atoms with Crippen molar-refractivity contribution < 1.29 is 9.59 Å². The third-order valence-electron chi connectivity index (χ3n) is 3.14. The molecule has 0 unspecified atom stereocenters. The maximum atomic E-state index is 11.9. The molecule has 0 aliphatic heterocycles. The second kappa shape index (κ2) is 8.67. The molecular formula is C16H23ClN2O2. The lowest BCUT2D eigenvalue weighted by molar-refractivity contribution is -0.129. The van der Waals surface area contributed by atoms with E-state index < -0.39 is 0 Å². The van der Waals surface area contributed by atoms with Crippen molar-refractivity contribution in [3.05, 3.63) is 29.3 Å². The number of carbonyl (C=O) groups excluding carboxylic acids is 2. The van der Waals surface area contributed by atoms with Crippen molar-refractivity contribution in [1.29, 1.82) is 0 Å². The van der Waals surface area contributed by atoms with Crippen LogP contribution in [0, 0.1) is 5.92 Å². The van der Waals surface area contributed by atoms with E-state index in [-0.39, 0.29) is 18.2 Å². The Morgan fingerprint density at radius 3 is 2.57 bits per heavy atom. The lowest BCUT2D eigenvalue weighted by atomic mass is 10.1. The first-order chi connectivity index (χ1) is 9.88. The average Bonchev–Trinajstić information content (AvgIpc) is 2.37. The van der Waals surface area contributed by atoms with Gasteiger partial charge in [0.1, 0.15) is 0 Å². The van der Waals surface area contributed by atoms with Crippen LogP contribution in [-0.4, -0.2) is 29.8 Å². The van der Waals surface area contributed by atoms with Gasteiger partial charge < -0.3 is 10.2 Å². The van der Waals surface area contributed by atoms with Crippen LogP contribution in [0.15, 0.2) is 24.3 Å². The number of halogens is 1. The standard InChI is InChI=1S/C16H23ClN2O2/c1-12(2)7-9-19(13(3)20)10-8-16(21)18-15-6-4-5-14(17)11-15/h4-6,11-12H,7-10H2,1-3H3,(H,18,21). The maximum Gasteiger partial charge on any atom is 0.226 e. The molecule has 0 aliphatic rings. The molecule has 0 saturated carbocycles. The molecule has 21 heavy (non-hydrogen) atoms. The number of benzene rings is 1. The average molecular weight is 311 g/mol. The van der Waals surface area contributed by atoms with Crippen LogP contribution >= 0.6 is 11.6 Å². The molecule has 1 aromatic rings. The first-order valence-electron chi connectivity index (χ1n) is 7.19. The van der Waals surface area contributed by atoms with Crippen molar-refractivity contribution in [3.63, 3.8) is 0 Å². The fourth-order valence-electron chi connectivity index (χ4n) is 1.87. The Kier molecular flexibility index (Phi) is 7.23. The minimum Gasteiger partial charge on any atom is -0.342 e. The molecule has 0 radical (unpaired) electrons. The summed E-state index contributed by atoms with van der Waals surface area (Å²) in [7, 11) is 0. The molecule has 116 valence electrons. The van der Waals surface area contributed by atoms with Gasteiger partial charge >= 0.3 is 0 Å². The Labute approximate surface area is 131 Å². The topological polar surface area (TPSA) is 49.4 Å². The third-order valence-corrected chi connectivity index (χ3v) is 3.37. The zero-order valence-corrected chi connectivity index (χ0v) is 13.6. The highest BCUT2D eigenvalue weighted by Crippen LogP contribution is 2.15. The van der Waals surface area contributed by atoms with Gasteiger partial charge in [0.25, 0.3) is 0 Å². The summed E-state index contributed by atoms with van der Waals surface area (Å²) in [4.78, 5) is 25.2. The molecule has 0 fully saturated rings. The van der Waals surface area contributed by atoms with Gasteiger partial charge in [-0.25, -0.2) is 0 Å². The number of carbonyl (C=O) groups is 2. The predicted octanol–water partition coefficient (Wildman–Crippen LogP) is 3.56. The van der Waals surface area contributed by atoms with Gasteiger partial charge in [-0.3, -0.25) is 9.59 Å². The van der Waals surface area contributed by atoms with E-state index in [1.165, 1.54) is 6.92 Å². The molecule has 0 aromatic heterocycles. The lowest BCUT2D eigenvalue weighted by Crippen LogP contribution is -2.33. The summed E-state index contributed by atoms with van der Waals surface area (Å²) in [5, 5.41) is 3.36. The Morgan fingerprint density at radius 2 is 2.00 bits per heavy atom. The number of hydrogen-bond acceptors (Lipinski definition) is 2. The molecular weight excluding hydrogens is 288 g/mol. The van der Waals surface area contributed by atoms with Crippen molar-refractivity contribution in [2.45, 2.75) is 33.6 Å². The number of rotatable bonds is 7. The van der Waals surface area contributed by atoms with Crippen LogP contribution in [0.3, 0.4) is 0 Å². The molecule has 1 rings (SSSR count). The van der Waals surface area contributed by atoms with Crippen molar-refractivity contribution >= 4 is 29.1 Å². The Balaban J connectivity index is 2.44. The van der Waals surface area contributed by atoms with Gasteiger partial charge in [-0.05, 0) is 30.5 Å². The quantitative estimate of drug-likeness (QED) is 0.837. The van der Waals surface area contributed by atoms with E-state index in [0.29, 0.717) is 29.7 Å². The summed E-state index contributed by atoms with van der Waals surface area (Å²) >= 11 is 5.86. The molecule has 0 heterocycles. The molecule has 1 aromatic carbocycles. The van der Waals surface area contributed by atoms with Crippen LogP contribution < -0.4 is 5.32 Å². The molecule has 2 amide bonds. The molecule has 0 spiro atoms. The minimum absolute atomic E-state index is 0.00575. The highest BCUT2D eigenvalue weighted by atomic mass is 35.5. The van der Waals surface area contributed by atoms with E-state index in [0.717, 1.165) is 6.42 Å². The number of nitrogens with one attached hydrogen (secondary N) is 1. The lowest BCUT2D eigenvalue weighted by Gasteiger charge is -2.21. The van der Waals surface area contributed by atoms with Crippen LogP contribution in [-0.2, 0) is 9.59 Å². The summed E-state index contributed by atoms with van der Waals surface area (Å²) in [6, 6.07) is 7.01. The van der Waals surface area contributed by atoms with Crippen LogP contribution in [0.2, 0.25) is 5.02 Å². The van der Waals surface area contributed by atoms with Crippen molar-refractivity contribution in [2.75, 3.05) is 18.4 Å². The number of anilines is 1. The van der Waals surface area contributed by atoms with E-state index in [1.807, 2.05) is 0 Å². The number of amides is 2. The molecule has 0 saturated heterocycles. The van der Waals surface area contributed by atoms with E-state index in [9.17, 15) is 9.59 Å². The van der Waals surface area contributed by atoms with Gasteiger partial charge in [-0.1, -0.05) is 31.5 Å². The second-order valence-corrected chi connectivity index (χ2v) is 5.93. The fourth-order valence-corrected chi connectivity index (χ4v) is 2.06. The first kappa shape index (κ1) is 17.5. The highest BCUT2D eigenvalue weighted by molar-refractivity contribution is 6.30. The molecule has 0 bridgehead atoms. The molecule has 0 atom stereocenters. The van der Waals surface area contributed by atoms with Crippen molar-refractivity contribution in [2.24, 2.45) is 5.92 Å². The van der Waals surface area contributed by atoms with Gasteiger partial charge in [0, 0.05) is 37.1 Å². The molecule has 4 nitrogen and oxygen atoms in total. The predicted molar refractivity (Wildman–Crippen MR) is 86.4 cm³/mol. The summed E-state index contributed by atoms with van der Waals surface area (Å²) in [5.41, 5.74) is 0.670. The van der Waals surface area contributed by atoms with Gasteiger partial charge in [-0.15, -0.1) is 0 Å². The largest absolute Gasteiger partial charge is 0.342 e. The summed E-state index contributed by atoms with van der Waals surface area (Å²) < 4.78 is 0. The van der Waals surface area contributed by atoms with Gasteiger partial charge in [-0.2, -0.15) is 0 Å². The van der Waals surface area contributed by atoms with Crippen LogP contribution in [0.25, 0.3) is 0 Å². The highest BCUT2D eigenvalue weighted by Gasteiger charge is 2.12. The van der Waals surface area contributed by atoms with E-state index in [2.05, 4.69) is 19.2 Å². The van der Waals surface area contributed by atoms with Crippen LogP contribution in [0.1, 0.15) is 33.6 Å². The normalized spacial score (nSPS) is 10.5. The van der Waals surface area contributed by atoms with E-state index >= 15 is 0 Å². The zero-order chi connectivity index (χ0) is 15.8. The molecule has 1 N–H and O–H groups in total. The summed E-state index contributed by atoms with van der Waals surface area (Å²) in [6.45, 7) is 6.90. The Morgan fingerprint density at radius 1 is 1.29 bits per heavy atom. The van der Waals surface area contributed by atoms with Crippen LogP contribution in [0.5, 0.6) is 0 Å². The second-order valence-electron chi connectivity index (χ2n) is 5.50. The monoisotopic (exact) mass is 310 g/mol. The van der Waals surface area contributed by atoms with Crippen molar-refractivity contribution in [3.8, 4) is 0 Å². The summed E-state index contributed by atoms with van der Waals surface area (Å²) in [5.74, 6) is 0.423. The summed E-state index contributed by atoms with van der Waals surface area (Å²) in [6.07, 6.45) is 1.22. The van der Waals surface area contributed by atoms with Gasteiger partial charge in [0.15, 0.2) is 0 Å². The maximum absolute atomic E-state index is 11.9. The first-order valence-corrected chi connectivity index (χ1v) is 7.57. The minimum atomic E-state index is -0.118. The SMILES string of the molecule is CC(=O)N(CCC(=O)Nc1cccc(Cl)c1)CCC(C)C. The molecule has 5 heteroatoms. The van der Waals surface area contributed by atoms with E-state index in [1.54, 1.807) is 29.2 Å². The van der Waals surface area contributed by atoms with E-state index in [4.69, 9.17) is 11.6 Å². The number of nitrogens with zero attached hydrogens (tertiary/aromatic N) is 1. The van der Waals surface area contributed by atoms with Crippen LogP contribution in [0.4, 0.5) is 5.69 Å². The number of hydrogen-bond donors (Lipinski definition) is 1.